The zero-order chi connectivity index (χ0) is 36.1. The van der Waals surface area contributed by atoms with Crippen LogP contribution < -0.4 is 21.3 Å². The Bertz CT molecular complexity index is 1640. The summed E-state index contributed by atoms with van der Waals surface area (Å²) in [6, 6.07) is 23.4. The molecular weight excluding hydrogens is 661 g/mol. The number of carbonyl (C=O) groups is 3. The van der Waals surface area contributed by atoms with Crippen LogP contribution in [0.5, 0.6) is 0 Å². The van der Waals surface area contributed by atoms with Crippen molar-refractivity contribution in [2.75, 3.05) is 16.0 Å². The molecule has 0 heterocycles. The molecule has 0 saturated heterocycles. The highest BCUT2D eigenvalue weighted by Gasteiger charge is 2.25. The molecule has 3 aromatic rings. The predicted octanol–water partition coefficient (Wildman–Crippen LogP) is 11.6. The lowest BCUT2D eigenvalue weighted by atomic mass is 9.97. The average molecular weight is 713 g/mol. The van der Waals surface area contributed by atoms with Crippen LogP contribution >= 0.6 is 23.5 Å². The summed E-state index contributed by atoms with van der Waals surface area (Å²) in [4.78, 5) is 37.9. The molecule has 0 aromatic heterocycles. The van der Waals surface area contributed by atoms with Crippen LogP contribution in [0.15, 0.2) is 96.6 Å². The van der Waals surface area contributed by atoms with Gasteiger partial charge in [-0.1, -0.05) is 106 Å². The van der Waals surface area contributed by atoms with Crippen LogP contribution in [-0.2, 0) is 12.8 Å². The van der Waals surface area contributed by atoms with E-state index in [0.29, 0.717) is 0 Å². The fourth-order valence-corrected chi connectivity index (χ4v) is 7.22. The summed E-state index contributed by atoms with van der Waals surface area (Å²) < 4.78 is -0.111. The SMILES string of the molecule is CCC(C)(CC)SC(=O)Nc1ccc(CC2=CC(NC(=O)Nc3ccc(Cc4ccc(NC(=O)SC(C)(CC)CC)cc4)cc3)CC=C2)cc1. The predicted molar refractivity (Wildman–Crippen MR) is 215 cm³/mol. The zero-order valence-corrected chi connectivity index (χ0v) is 31.9. The van der Waals surface area contributed by atoms with E-state index in [1.807, 2.05) is 72.8 Å². The van der Waals surface area contributed by atoms with E-state index in [0.717, 1.165) is 84.3 Å². The Hall–Kier alpha value is -3.95. The number of rotatable bonds is 14. The molecule has 4 amide bonds. The standard InChI is InChI=1S/C41H52N4O3S2/c1-7-40(5,8-2)49-38(47)44-34-22-16-30(17-23-34)26-29-14-20-33(21-15-29)42-37(46)43-36-13-11-12-32(28-36)27-31-18-24-35(25-19-31)45-39(48)50-41(6,9-3)10-4/h11-12,14-25,28,36H,7-10,13,26-27H2,1-6H3,(H,44,47)(H,45,48)(H2,42,43,46). The summed E-state index contributed by atoms with van der Waals surface area (Å²) in [6.45, 7) is 12.7. The molecule has 3 aromatic carbocycles. The molecule has 266 valence electrons. The van der Waals surface area contributed by atoms with Crippen LogP contribution in [-0.4, -0.2) is 32.0 Å². The Kier molecular flexibility index (Phi) is 14.2. The van der Waals surface area contributed by atoms with Gasteiger partial charge in [0.1, 0.15) is 0 Å². The quantitative estimate of drug-likeness (QED) is 0.133. The first kappa shape index (κ1) is 38.8. The fourth-order valence-electron chi connectivity index (χ4n) is 5.41. The van der Waals surface area contributed by atoms with E-state index in [1.54, 1.807) is 0 Å². The lowest BCUT2D eigenvalue weighted by Crippen LogP contribution is -2.37. The molecular formula is C41H52N4O3S2. The van der Waals surface area contributed by atoms with Gasteiger partial charge in [0.2, 0.25) is 0 Å². The minimum absolute atomic E-state index is 0.0287. The highest BCUT2D eigenvalue weighted by atomic mass is 32.2. The average Bonchev–Trinajstić information content (AvgIpc) is 3.10. The van der Waals surface area contributed by atoms with E-state index in [1.165, 1.54) is 23.5 Å². The number of hydrogen-bond donors (Lipinski definition) is 4. The van der Waals surface area contributed by atoms with Crippen LogP contribution in [0.25, 0.3) is 0 Å². The first-order valence-electron chi connectivity index (χ1n) is 17.6. The van der Waals surface area contributed by atoms with E-state index in [4.69, 9.17) is 0 Å². The lowest BCUT2D eigenvalue weighted by Gasteiger charge is -2.24. The number of amides is 4. The molecule has 1 atom stereocenters. The van der Waals surface area contributed by atoms with Crippen molar-refractivity contribution < 1.29 is 14.4 Å². The van der Waals surface area contributed by atoms with Crippen LogP contribution in [0.2, 0.25) is 0 Å². The summed E-state index contributed by atoms with van der Waals surface area (Å²) in [6.07, 6.45) is 12.3. The van der Waals surface area contributed by atoms with Crippen molar-refractivity contribution >= 4 is 57.1 Å². The molecule has 0 bridgehead atoms. The molecule has 9 heteroatoms. The number of nitrogens with one attached hydrogen (secondary N) is 4. The number of anilines is 3. The first-order chi connectivity index (χ1) is 23.9. The highest BCUT2D eigenvalue weighted by molar-refractivity contribution is 8.15. The van der Waals surface area contributed by atoms with Crippen LogP contribution in [0.3, 0.4) is 0 Å². The largest absolute Gasteiger partial charge is 0.331 e. The van der Waals surface area contributed by atoms with Gasteiger partial charge in [-0.3, -0.25) is 9.59 Å². The van der Waals surface area contributed by atoms with Crippen molar-refractivity contribution in [2.24, 2.45) is 0 Å². The third-order valence-electron chi connectivity index (χ3n) is 9.55. The molecule has 0 spiro atoms. The normalized spacial score (nSPS) is 14.4. The molecule has 0 saturated carbocycles. The van der Waals surface area contributed by atoms with Gasteiger partial charge in [-0.05, 0) is 117 Å². The second-order valence-corrected chi connectivity index (χ2v) is 16.5. The molecule has 1 aliphatic carbocycles. The maximum absolute atomic E-state index is 12.8. The fraction of sp³-hybridized carbons (Fsp3) is 0.390. The number of urea groups is 1. The third kappa shape index (κ3) is 12.1. The molecule has 1 unspecified atom stereocenters. The van der Waals surface area contributed by atoms with Crippen LogP contribution in [0.4, 0.5) is 31.4 Å². The monoisotopic (exact) mass is 712 g/mol. The van der Waals surface area contributed by atoms with Crippen LogP contribution in [0.1, 0.15) is 90.3 Å². The summed E-state index contributed by atoms with van der Waals surface area (Å²) in [5, 5.41) is 12.0. The van der Waals surface area contributed by atoms with Gasteiger partial charge >= 0.3 is 6.03 Å². The minimum atomic E-state index is -0.247. The second kappa shape index (κ2) is 18.3. The number of carbonyl (C=O) groups excluding carboxylic acids is 3. The van der Waals surface area contributed by atoms with Crippen molar-refractivity contribution in [1.82, 2.24) is 5.32 Å². The van der Waals surface area contributed by atoms with E-state index < -0.39 is 0 Å². The first-order valence-corrected chi connectivity index (χ1v) is 19.3. The lowest BCUT2D eigenvalue weighted by molar-refractivity contribution is 0.250. The van der Waals surface area contributed by atoms with Gasteiger partial charge in [0.25, 0.3) is 10.5 Å². The Morgan fingerprint density at radius 3 is 1.44 bits per heavy atom. The van der Waals surface area contributed by atoms with Gasteiger partial charge in [0, 0.05) is 26.6 Å². The topological polar surface area (TPSA) is 99.3 Å². The number of thioether (sulfide) groups is 2. The molecule has 0 aliphatic heterocycles. The summed E-state index contributed by atoms with van der Waals surface area (Å²) >= 11 is 2.73. The number of allylic oxidation sites excluding steroid dienone is 2. The van der Waals surface area contributed by atoms with Crippen molar-refractivity contribution in [3.05, 3.63) is 113 Å². The molecule has 0 fully saturated rings. The van der Waals surface area contributed by atoms with E-state index >= 15 is 0 Å². The van der Waals surface area contributed by atoms with Gasteiger partial charge in [-0.15, -0.1) is 0 Å². The van der Waals surface area contributed by atoms with Gasteiger partial charge in [0.05, 0.1) is 6.04 Å². The number of hydrogen-bond acceptors (Lipinski definition) is 5. The maximum Gasteiger partial charge on any atom is 0.319 e. The van der Waals surface area contributed by atoms with Crippen molar-refractivity contribution in [2.45, 2.75) is 102 Å². The van der Waals surface area contributed by atoms with Gasteiger partial charge in [-0.2, -0.15) is 0 Å². The second-order valence-electron chi connectivity index (χ2n) is 13.4. The maximum atomic E-state index is 12.8. The molecule has 0 radical (unpaired) electrons. The molecule has 4 N–H and O–H groups in total. The zero-order valence-electron chi connectivity index (χ0n) is 30.2. The van der Waals surface area contributed by atoms with Gasteiger partial charge in [0.15, 0.2) is 0 Å². The smallest absolute Gasteiger partial charge is 0.319 e. The summed E-state index contributed by atoms with van der Waals surface area (Å²) in [5.41, 5.74) is 6.83. The molecule has 50 heavy (non-hydrogen) atoms. The Balaban J connectivity index is 1.22. The molecule has 1 aliphatic rings. The van der Waals surface area contributed by atoms with Crippen molar-refractivity contribution in [3.8, 4) is 0 Å². The Morgan fingerprint density at radius 1 is 0.620 bits per heavy atom. The number of benzene rings is 3. The van der Waals surface area contributed by atoms with E-state index in [-0.39, 0.29) is 32.0 Å². The van der Waals surface area contributed by atoms with Gasteiger partial charge < -0.3 is 21.3 Å². The molecule has 7 nitrogen and oxygen atoms in total. The third-order valence-corrected chi connectivity index (χ3v) is 12.3. The summed E-state index contributed by atoms with van der Waals surface area (Å²) in [5.74, 6) is 0. The van der Waals surface area contributed by atoms with Crippen LogP contribution in [0, 0.1) is 0 Å². The van der Waals surface area contributed by atoms with Crippen molar-refractivity contribution in [1.29, 1.82) is 0 Å². The molecule has 4 rings (SSSR count). The van der Waals surface area contributed by atoms with E-state index in [9.17, 15) is 14.4 Å². The minimum Gasteiger partial charge on any atom is -0.331 e. The summed E-state index contributed by atoms with van der Waals surface area (Å²) in [7, 11) is 0. The van der Waals surface area contributed by atoms with Gasteiger partial charge in [-0.25, -0.2) is 4.79 Å². The van der Waals surface area contributed by atoms with Crippen molar-refractivity contribution in [3.63, 3.8) is 0 Å². The Morgan fingerprint density at radius 2 is 1.02 bits per heavy atom. The van der Waals surface area contributed by atoms with E-state index in [2.05, 4.69) is 81.0 Å². The highest BCUT2D eigenvalue weighted by Crippen LogP contribution is 2.34. The Labute approximate surface area is 306 Å².